The van der Waals surface area contributed by atoms with Gasteiger partial charge in [-0.3, -0.25) is 9.69 Å². The molecule has 1 aromatic rings. The third-order valence-corrected chi connectivity index (χ3v) is 4.78. The van der Waals surface area contributed by atoms with E-state index in [-0.39, 0.29) is 0 Å². The Morgan fingerprint density at radius 3 is 2.67 bits per heavy atom. The van der Waals surface area contributed by atoms with Gasteiger partial charge in [-0.2, -0.15) is 0 Å². The lowest BCUT2D eigenvalue weighted by Crippen LogP contribution is -2.70. The number of nitrogens with zero attached hydrogens (tertiary/aromatic N) is 1. The molecular weight excluding hydrogens is 264 g/mol. The highest BCUT2D eigenvalue weighted by Gasteiger charge is 2.48. The molecule has 2 heterocycles. The summed E-state index contributed by atoms with van der Waals surface area (Å²) in [6.45, 7) is 6.93. The molecule has 0 bridgehead atoms. The van der Waals surface area contributed by atoms with Gasteiger partial charge in [0.2, 0.25) is 0 Å². The third kappa shape index (κ3) is 3.83. The van der Waals surface area contributed by atoms with Crippen molar-refractivity contribution in [2.45, 2.75) is 31.9 Å². The molecule has 2 aliphatic heterocycles. The SMILES string of the molecule is CC1CN(C)C12CCCNC2.O=COCc1ccccc1. The molecule has 2 saturated heterocycles. The van der Waals surface area contributed by atoms with Gasteiger partial charge in [-0.1, -0.05) is 37.3 Å². The fourth-order valence-electron chi connectivity index (χ4n) is 3.39. The second-order valence-electron chi connectivity index (χ2n) is 6.06. The molecule has 0 saturated carbocycles. The highest BCUT2D eigenvalue weighted by atomic mass is 16.5. The molecule has 2 atom stereocenters. The average molecular weight is 290 g/mol. The van der Waals surface area contributed by atoms with Crippen molar-refractivity contribution in [3.05, 3.63) is 35.9 Å². The van der Waals surface area contributed by atoms with Crippen LogP contribution < -0.4 is 5.32 Å². The molecule has 0 amide bonds. The number of carbonyl (C=O) groups excluding carboxylic acids is 1. The van der Waals surface area contributed by atoms with Gasteiger partial charge in [-0.05, 0) is 37.9 Å². The monoisotopic (exact) mass is 290 g/mol. The number of hydrogen-bond donors (Lipinski definition) is 1. The number of likely N-dealkylation sites (N-methyl/N-ethyl adjacent to an activating group) is 1. The Bertz CT molecular complexity index is 420. The zero-order valence-corrected chi connectivity index (χ0v) is 13.0. The summed E-state index contributed by atoms with van der Waals surface area (Å²) in [5, 5.41) is 3.50. The highest BCUT2D eigenvalue weighted by molar-refractivity contribution is 5.37. The summed E-state index contributed by atoms with van der Waals surface area (Å²) in [5.41, 5.74) is 1.55. The summed E-state index contributed by atoms with van der Waals surface area (Å²) < 4.78 is 4.54. The highest BCUT2D eigenvalue weighted by Crippen LogP contribution is 2.39. The Labute approximate surface area is 127 Å². The summed E-state index contributed by atoms with van der Waals surface area (Å²) in [6, 6.07) is 9.55. The van der Waals surface area contributed by atoms with Crippen LogP contribution in [0.5, 0.6) is 0 Å². The molecule has 116 valence electrons. The van der Waals surface area contributed by atoms with E-state index in [0.29, 0.717) is 18.6 Å². The number of nitrogens with one attached hydrogen (secondary N) is 1. The van der Waals surface area contributed by atoms with Crippen molar-refractivity contribution in [3.8, 4) is 0 Å². The van der Waals surface area contributed by atoms with E-state index in [1.807, 2.05) is 30.3 Å². The van der Waals surface area contributed by atoms with E-state index in [0.717, 1.165) is 11.5 Å². The van der Waals surface area contributed by atoms with Crippen LogP contribution in [0.1, 0.15) is 25.3 Å². The second kappa shape index (κ2) is 7.57. The van der Waals surface area contributed by atoms with E-state index in [1.165, 1.54) is 32.5 Å². The summed E-state index contributed by atoms with van der Waals surface area (Å²) in [5.74, 6) is 0.903. The van der Waals surface area contributed by atoms with Gasteiger partial charge in [0.05, 0.1) is 0 Å². The van der Waals surface area contributed by atoms with E-state index in [2.05, 4.69) is 28.9 Å². The Morgan fingerprint density at radius 1 is 1.43 bits per heavy atom. The minimum absolute atomic E-state index is 0.365. The second-order valence-corrected chi connectivity index (χ2v) is 6.06. The first-order valence-corrected chi connectivity index (χ1v) is 7.70. The van der Waals surface area contributed by atoms with Crippen molar-refractivity contribution >= 4 is 6.47 Å². The Morgan fingerprint density at radius 2 is 2.19 bits per heavy atom. The zero-order valence-electron chi connectivity index (χ0n) is 13.0. The van der Waals surface area contributed by atoms with Crippen molar-refractivity contribution in [1.29, 1.82) is 0 Å². The van der Waals surface area contributed by atoms with E-state index in [4.69, 9.17) is 0 Å². The molecule has 4 heteroatoms. The first kappa shape index (κ1) is 16.0. The fourth-order valence-corrected chi connectivity index (χ4v) is 3.39. The van der Waals surface area contributed by atoms with Gasteiger partial charge in [-0.25, -0.2) is 0 Å². The van der Waals surface area contributed by atoms with Crippen LogP contribution in [0.15, 0.2) is 30.3 Å². The molecular formula is C17H26N2O2. The molecule has 1 aromatic carbocycles. The Kier molecular flexibility index (Phi) is 5.76. The molecule has 2 fully saturated rings. The minimum Gasteiger partial charge on any atom is -0.463 e. The number of rotatable bonds is 3. The molecule has 1 spiro atoms. The average Bonchev–Trinajstić information content (AvgIpc) is 2.55. The van der Waals surface area contributed by atoms with Crippen LogP contribution in [0, 0.1) is 5.92 Å². The van der Waals surface area contributed by atoms with Crippen LogP contribution in [-0.2, 0) is 16.1 Å². The van der Waals surface area contributed by atoms with Gasteiger partial charge in [0.25, 0.3) is 6.47 Å². The van der Waals surface area contributed by atoms with Gasteiger partial charge >= 0.3 is 0 Å². The first-order chi connectivity index (χ1) is 10.2. The van der Waals surface area contributed by atoms with Crippen molar-refractivity contribution in [2.75, 3.05) is 26.7 Å². The summed E-state index contributed by atoms with van der Waals surface area (Å²) in [6.07, 6.45) is 2.76. The van der Waals surface area contributed by atoms with E-state index < -0.39 is 0 Å². The lowest BCUT2D eigenvalue weighted by molar-refractivity contribution is -0.129. The Hall–Kier alpha value is -1.39. The van der Waals surface area contributed by atoms with Crippen LogP contribution in [0.4, 0.5) is 0 Å². The molecule has 21 heavy (non-hydrogen) atoms. The molecule has 0 radical (unpaired) electrons. The zero-order chi connectivity index (χ0) is 15.1. The molecule has 2 unspecified atom stereocenters. The van der Waals surface area contributed by atoms with Crippen LogP contribution in [-0.4, -0.2) is 43.6 Å². The summed E-state index contributed by atoms with van der Waals surface area (Å²) in [4.78, 5) is 12.3. The summed E-state index contributed by atoms with van der Waals surface area (Å²) in [7, 11) is 2.26. The van der Waals surface area contributed by atoms with E-state index >= 15 is 0 Å². The normalized spacial score (nSPS) is 28.2. The number of carbonyl (C=O) groups is 1. The lowest BCUT2D eigenvalue weighted by Gasteiger charge is -2.58. The van der Waals surface area contributed by atoms with E-state index in [9.17, 15) is 4.79 Å². The molecule has 4 nitrogen and oxygen atoms in total. The quantitative estimate of drug-likeness (QED) is 0.865. The van der Waals surface area contributed by atoms with Gasteiger partial charge in [0.1, 0.15) is 6.61 Å². The number of benzene rings is 1. The minimum atomic E-state index is 0.365. The van der Waals surface area contributed by atoms with Crippen LogP contribution in [0.2, 0.25) is 0 Å². The Balaban J connectivity index is 0.000000155. The lowest BCUT2D eigenvalue weighted by atomic mass is 9.71. The first-order valence-electron chi connectivity index (χ1n) is 7.70. The standard InChI is InChI=1S/C9H18N2.C8H8O2/c1-8-6-11(2)9(8)4-3-5-10-7-9;9-7-10-6-8-4-2-1-3-5-8/h8,10H,3-7H2,1-2H3;1-5,7H,6H2. The van der Waals surface area contributed by atoms with Crippen molar-refractivity contribution < 1.29 is 9.53 Å². The van der Waals surface area contributed by atoms with Gasteiger partial charge < -0.3 is 10.1 Å². The smallest absolute Gasteiger partial charge is 0.293 e. The topological polar surface area (TPSA) is 41.6 Å². The molecule has 1 N–H and O–H groups in total. The number of likely N-dealkylation sites (tertiary alicyclic amines) is 1. The molecule has 0 aliphatic carbocycles. The van der Waals surface area contributed by atoms with E-state index in [1.54, 1.807) is 0 Å². The maximum absolute atomic E-state index is 9.76. The van der Waals surface area contributed by atoms with Crippen LogP contribution in [0.3, 0.4) is 0 Å². The van der Waals surface area contributed by atoms with Gasteiger partial charge in [-0.15, -0.1) is 0 Å². The molecule has 2 aliphatic rings. The van der Waals surface area contributed by atoms with Crippen molar-refractivity contribution in [3.63, 3.8) is 0 Å². The third-order valence-electron chi connectivity index (χ3n) is 4.78. The summed E-state index contributed by atoms with van der Waals surface area (Å²) >= 11 is 0. The van der Waals surface area contributed by atoms with Crippen LogP contribution in [0.25, 0.3) is 0 Å². The van der Waals surface area contributed by atoms with Crippen molar-refractivity contribution in [2.24, 2.45) is 5.92 Å². The molecule has 0 aromatic heterocycles. The van der Waals surface area contributed by atoms with Gasteiger partial charge in [0.15, 0.2) is 0 Å². The van der Waals surface area contributed by atoms with Crippen molar-refractivity contribution in [1.82, 2.24) is 10.2 Å². The number of ether oxygens (including phenoxy) is 1. The predicted molar refractivity (Wildman–Crippen MR) is 83.9 cm³/mol. The van der Waals surface area contributed by atoms with Crippen LogP contribution >= 0.6 is 0 Å². The number of piperidine rings is 1. The maximum Gasteiger partial charge on any atom is 0.293 e. The largest absolute Gasteiger partial charge is 0.463 e. The maximum atomic E-state index is 9.76. The van der Waals surface area contributed by atoms with Gasteiger partial charge in [0, 0.05) is 18.6 Å². The predicted octanol–water partition coefficient (Wildman–Crippen LogP) is 2.05. The molecule has 3 rings (SSSR count). The number of hydrogen-bond acceptors (Lipinski definition) is 4. The fraction of sp³-hybridized carbons (Fsp3) is 0.588.